The second-order valence-corrected chi connectivity index (χ2v) is 5.74. The summed E-state index contributed by atoms with van der Waals surface area (Å²) in [5, 5.41) is 1.12. The number of hydrogen-bond donors (Lipinski definition) is 1. The Morgan fingerprint density at radius 3 is 2.59 bits per heavy atom. The van der Waals surface area contributed by atoms with Gasteiger partial charge in [-0.2, -0.15) is 0 Å². The number of nitrogens with two attached hydrogens (primary N) is 1. The second-order valence-electron chi connectivity index (χ2n) is 4.70. The average Bonchev–Trinajstić information content (AvgIpc) is 2.37. The predicted octanol–water partition coefficient (Wildman–Crippen LogP) is 3.50. The molecule has 2 N–H and O–H groups in total. The van der Waals surface area contributed by atoms with Gasteiger partial charge >= 0.3 is 0 Å². The Morgan fingerprint density at radius 2 is 2.06 bits per heavy atom. The van der Waals surface area contributed by atoms with Gasteiger partial charge < -0.3 is 5.73 Å². The molecule has 2 nitrogen and oxygen atoms in total. The van der Waals surface area contributed by atoms with E-state index >= 15 is 0 Å². The Labute approximate surface area is 109 Å². The van der Waals surface area contributed by atoms with Crippen LogP contribution in [0.25, 0.3) is 0 Å². The molecule has 1 aromatic heterocycles. The van der Waals surface area contributed by atoms with E-state index in [0.717, 1.165) is 29.5 Å². The lowest BCUT2D eigenvalue weighted by Gasteiger charge is -2.09. The zero-order valence-electron chi connectivity index (χ0n) is 11.1. The maximum absolute atomic E-state index is 5.93. The number of aromatic nitrogens is 1. The molecular weight excluding hydrogens is 228 g/mol. The molecule has 1 rings (SSSR count). The molecular formula is C14H24N2S. The second kappa shape index (κ2) is 7.72. The van der Waals surface area contributed by atoms with E-state index in [1.54, 1.807) is 0 Å². The van der Waals surface area contributed by atoms with Crippen LogP contribution in [0.15, 0.2) is 23.4 Å². The molecule has 1 aromatic rings. The lowest BCUT2D eigenvalue weighted by molar-refractivity contribution is 0.636. The smallest absolute Gasteiger partial charge is 0.0960 e. The van der Waals surface area contributed by atoms with Gasteiger partial charge in [0, 0.05) is 18.0 Å². The number of nitrogens with zero attached hydrogens (tertiary/aromatic N) is 1. The molecule has 0 saturated carbocycles. The van der Waals surface area contributed by atoms with Crippen LogP contribution in [0, 0.1) is 5.92 Å². The van der Waals surface area contributed by atoms with Gasteiger partial charge in [0.05, 0.1) is 5.03 Å². The van der Waals surface area contributed by atoms with E-state index in [0.29, 0.717) is 0 Å². The molecule has 0 bridgehead atoms. The van der Waals surface area contributed by atoms with E-state index in [1.165, 1.54) is 12.0 Å². The highest BCUT2D eigenvalue weighted by molar-refractivity contribution is 7.99. The van der Waals surface area contributed by atoms with Crippen LogP contribution in [0.4, 0.5) is 0 Å². The average molecular weight is 252 g/mol. The van der Waals surface area contributed by atoms with Crippen molar-refractivity contribution in [3.63, 3.8) is 0 Å². The summed E-state index contributed by atoms with van der Waals surface area (Å²) >= 11 is 1.84. The molecule has 0 aliphatic heterocycles. The highest BCUT2D eigenvalue weighted by Gasteiger charge is 2.04. The summed E-state index contributed by atoms with van der Waals surface area (Å²) in [7, 11) is 0. The van der Waals surface area contributed by atoms with Gasteiger partial charge in [-0.15, -0.1) is 11.8 Å². The van der Waals surface area contributed by atoms with Crippen molar-refractivity contribution >= 4 is 11.8 Å². The Bertz CT molecular complexity index is 311. The van der Waals surface area contributed by atoms with Gasteiger partial charge in [-0.25, -0.2) is 4.98 Å². The molecule has 0 radical (unpaired) electrons. The summed E-state index contributed by atoms with van der Waals surface area (Å²) < 4.78 is 0. The van der Waals surface area contributed by atoms with Crippen molar-refractivity contribution in [1.29, 1.82) is 0 Å². The van der Waals surface area contributed by atoms with Gasteiger partial charge in [0.2, 0.25) is 0 Å². The number of rotatable bonds is 7. The maximum Gasteiger partial charge on any atom is 0.0960 e. The van der Waals surface area contributed by atoms with Gasteiger partial charge in [-0.3, -0.25) is 0 Å². The highest BCUT2D eigenvalue weighted by Crippen LogP contribution is 2.20. The fourth-order valence-corrected chi connectivity index (χ4v) is 2.39. The van der Waals surface area contributed by atoms with E-state index in [1.807, 2.05) is 18.0 Å². The Balaban J connectivity index is 2.44. The lowest BCUT2D eigenvalue weighted by atomic mass is 10.1. The van der Waals surface area contributed by atoms with E-state index in [-0.39, 0.29) is 6.04 Å². The van der Waals surface area contributed by atoms with Crippen LogP contribution in [0.5, 0.6) is 0 Å². The topological polar surface area (TPSA) is 38.9 Å². The van der Waals surface area contributed by atoms with Gasteiger partial charge in [-0.05, 0) is 30.4 Å². The summed E-state index contributed by atoms with van der Waals surface area (Å²) in [4.78, 5) is 4.48. The van der Waals surface area contributed by atoms with Crippen molar-refractivity contribution in [3.05, 3.63) is 23.9 Å². The SMILES string of the molecule is CCC(C)CSc1ccc(CC(N)CC)cn1. The molecule has 0 spiro atoms. The molecule has 1 heterocycles. The van der Waals surface area contributed by atoms with E-state index in [9.17, 15) is 0 Å². The molecule has 2 unspecified atom stereocenters. The quantitative estimate of drug-likeness (QED) is 0.755. The summed E-state index contributed by atoms with van der Waals surface area (Å²) in [5.74, 6) is 1.91. The summed E-state index contributed by atoms with van der Waals surface area (Å²) in [5.41, 5.74) is 7.17. The van der Waals surface area contributed by atoms with Crippen LogP contribution in [-0.4, -0.2) is 16.8 Å². The number of thioether (sulfide) groups is 1. The molecule has 0 aromatic carbocycles. The third kappa shape index (κ3) is 5.55. The van der Waals surface area contributed by atoms with Gasteiger partial charge in [0.15, 0.2) is 0 Å². The first-order valence-corrected chi connectivity index (χ1v) is 7.47. The van der Waals surface area contributed by atoms with Gasteiger partial charge in [-0.1, -0.05) is 33.3 Å². The van der Waals surface area contributed by atoms with Crippen LogP contribution in [0.2, 0.25) is 0 Å². The van der Waals surface area contributed by atoms with Gasteiger partial charge in [0.25, 0.3) is 0 Å². The summed E-state index contributed by atoms with van der Waals surface area (Å²) in [6.07, 6.45) is 5.15. The molecule has 0 amide bonds. The first-order chi connectivity index (χ1) is 8.15. The van der Waals surface area contributed by atoms with Crippen molar-refractivity contribution in [2.75, 3.05) is 5.75 Å². The Kier molecular flexibility index (Phi) is 6.60. The van der Waals surface area contributed by atoms with Crippen molar-refractivity contribution in [2.24, 2.45) is 11.7 Å². The van der Waals surface area contributed by atoms with Crippen LogP contribution in [-0.2, 0) is 6.42 Å². The Hall–Kier alpha value is -0.540. The first kappa shape index (κ1) is 14.5. The summed E-state index contributed by atoms with van der Waals surface area (Å²) in [6.45, 7) is 6.63. The molecule has 17 heavy (non-hydrogen) atoms. The predicted molar refractivity (Wildman–Crippen MR) is 76.4 cm³/mol. The fraction of sp³-hybridized carbons (Fsp3) is 0.643. The van der Waals surface area contributed by atoms with E-state index in [2.05, 4.69) is 37.9 Å². The van der Waals surface area contributed by atoms with Crippen LogP contribution in [0.1, 0.15) is 39.2 Å². The molecule has 0 aliphatic rings. The van der Waals surface area contributed by atoms with Crippen molar-refractivity contribution in [2.45, 2.75) is 51.1 Å². The third-order valence-corrected chi connectivity index (χ3v) is 4.31. The molecule has 2 atom stereocenters. The Morgan fingerprint density at radius 1 is 1.29 bits per heavy atom. The number of pyridine rings is 1. The van der Waals surface area contributed by atoms with Gasteiger partial charge in [0.1, 0.15) is 0 Å². The minimum absolute atomic E-state index is 0.260. The van der Waals surface area contributed by atoms with E-state index in [4.69, 9.17) is 5.73 Å². The normalized spacial score (nSPS) is 14.6. The zero-order chi connectivity index (χ0) is 12.7. The van der Waals surface area contributed by atoms with E-state index < -0.39 is 0 Å². The molecule has 3 heteroatoms. The van der Waals surface area contributed by atoms with Crippen LogP contribution < -0.4 is 5.73 Å². The maximum atomic E-state index is 5.93. The van der Waals surface area contributed by atoms with Crippen LogP contribution >= 0.6 is 11.8 Å². The first-order valence-electron chi connectivity index (χ1n) is 6.49. The molecule has 0 saturated heterocycles. The fourth-order valence-electron chi connectivity index (χ4n) is 1.41. The van der Waals surface area contributed by atoms with Crippen molar-refractivity contribution in [3.8, 4) is 0 Å². The zero-order valence-corrected chi connectivity index (χ0v) is 12.0. The largest absolute Gasteiger partial charge is 0.327 e. The third-order valence-electron chi connectivity index (χ3n) is 3.03. The van der Waals surface area contributed by atoms with Crippen molar-refractivity contribution < 1.29 is 0 Å². The van der Waals surface area contributed by atoms with Crippen LogP contribution in [0.3, 0.4) is 0 Å². The van der Waals surface area contributed by atoms with Crippen molar-refractivity contribution in [1.82, 2.24) is 4.98 Å². The standard InChI is InChI=1S/C14H24N2S/c1-4-11(3)10-17-14-7-6-12(9-16-14)8-13(15)5-2/h6-7,9,11,13H,4-5,8,10,15H2,1-3H3. The minimum atomic E-state index is 0.260. The number of hydrogen-bond acceptors (Lipinski definition) is 3. The summed E-state index contributed by atoms with van der Waals surface area (Å²) in [6, 6.07) is 4.53. The molecule has 96 valence electrons. The highest BCUT2D eigenvalue weighted by atomic mass is 32.2. The minimum Gasteiger partial charge on any atom is -0.327 e. The lowest BCUT2D eigenvalue weighted by Crippen LogP contribution is -2.21. The molecule has 0 aliphatic carbocycles. The monoisotopic (exact) mass is 252 g/mol. The molecule has 0 fully saturated rings.